The van der Waals surface area contributed by atoms with Crippen LogP contribution in [0.4, 0.5) is 5.69 Å². The van der Waals surface area contributed by atoms with Crippen molar-refractivity contribution in [2.45, 2.75) is 6.61 Å². The second-order valence-electron chi connectivity index (χ2n) is 3.79. The van der Waals surface area contributed by atoms with Gasteiger partial charge in [0.2, 0.25) is 0 Å². The Labute approximate surface area is 123 Å². The molecular formula is C13H9BrClNO3. The number of nitrogens with zero attached hydrogens (tertiary/aromatic N) is 1. The Morgan fingerprint density at radius 2 is 2.05 bits per heavy atom. The van der Waals surface area contributed by atoms with E-state index in [-0.39, 0.29) is 5.69 Å². The molecule has 0 aliphatic rings. The molecule has 6 heteroatoms. The van der Waals surface area contributed by atoms with E-state index in [4.69, 9.17) is 16.3 Å². The third-order valence-electron chi connectivity index (χ3n) is 2.41. The van der Waals surface area contributed by atoms with E-state index in [1.54, 1.807) is 18.2 Å². The predicted octanol–water partition coefficient (Wildman–Crippen LogP) is 4.59. The number of nitro benzene ring substituents is 1. The van der Waals surface area contributed by atoms with Gasteiger partial charge in [-0.3, -0.25) is 10.1 Å². The molecule has 0 N–H and O–H groups in total. The average molecular weight is 343 g/mol. The zero-order valence-electron chi connectivity index (χ0n) is 9.68. The van der Waals surface area contributed by atoms with Gasteiger partial charge in [0.05, 0.1) is 15.5 Å². The summed E-state index contributed by atoms with van der Waals surface area (Å²) in [4.78, 5) is 10.2. The topological polar surface area (TPSA) is 52.4 Å². The standard InChI is InChI=1S/C13H9BrClNO3/c14-12-5-4-11(16(17)18)7-13(12)19-8-9-2-1-3-10(15)6-9/h1-7H,8H2. The van der Waals surface area contributed by atoms with Gasteiger partial charge in [-0.05, 0) is 39.7 Å². The van der Waals surface area contributed by atoms with Crippen LogP contribution in [0, 0.1) is 10.1 Å². The van der Waals surface area contributed by atoms with E-state index in [2.05, 4.69) is 15.9 Å². The first kappa shape index (κ1) is 13.8. The lowest BCUT2D eigenvalue weighted by Crippen LogP contribution is -1.97. The van der Waals surface area contributed by atoms with Gasteiger partial charge in [0.25, 0.3) is 5.69 Å². The summed E-state index contributed by atoms with van der Waals surface area (Å²) >= 11 is 9.16. The molecule has 0 amide bonds. The number of rotatable bonds is 4. The van der Waals surface area contributed by atoms with Gasteiger partial charge in [0, 0.05) is 11.1 Å². The molecule has 0 aromatic heterocycles. The van der Waals surface area contributed by atoms with Crippen LogP contribution in [0.15, 0.2) is 46.9 Å². The molecule has 0 saturated heterocycles. The van der Waals surface area contributed by atoms with Crippen molar-refractivity contribution in [1.82, 2.24) is 0 Å². The van der Waals surface area contributed by atoms with E-state index in [9.17, 15) is 10.1 Å². The molecule has 4 nitrogen and oxygen atoms in total. The van der Waals surface area contributed by atoms with Crippen molar-refractivity contribution < 1.29 is 9.66 Å². The fraction of sp³-hybridized carbons (Fsp3) is 0.0769. The van der Waals surface area contributed by atoms with Crippen molar-refractivity contribution in [2.75, 3.05) is 0 Å². The summed E-state index contributed by atoms with van der Waals surface area (Å²) in [6.45, 7) is 0.292. The maximum Gasteiger partial charge on any atom is 0.273 e. The molecule has 0 fully saturated rings. The molecule has 19 heavy (non-hydrogen) atoms. The second-order valence-corrected chi connectivity index (χ2v) is 5.08. The van der Waals surface area contributed by atoms with E-state index in [1.807, 2.05) is 12.1 Å². The Balaban J connectivity index is 2.15. The van der Waals surface area contributed by atoms with Gasteiger partial charge in [0.15, 0.2) is 0 Å². The first-order valence-corrected chi connectivity index (χ1v) is 6.54. The third kappa shape index (κ3) is 3.68. The molecule has 2 aromatic carbocycles. The molecule has 0 radical (unpaired) electrons. The van der Waals surface area contributed by atoms with E-state index >= 15 is 0 Å². The van der Waals surface area contributed by atoms with Crippen LogP contribution in [0.1, 0.15) is 5.56 Å². The van der Waals surface area contributed by atoms with Crippen LogP contribution >= 0.6 is 27.5 Å². The largest absolute Gasteiger partial charge is 0.487 e. The van der Waals surface area contributed by atoms with Crippen LogP contribution in [0.2, 0.25) is 5.02 Å². The van der Waals surface area contributed by atoms with Crippen molar-refractivity contribution in [3.05, 3.63) is 67.6 Å². The summed E-state index contributed by atoms with van der Waals surface area (Å²) in [5.41, 5.74) is 0.884. The monoisotopic (exact) mass is 341 g/mol. The van der Waals surface area contributed by atoms with Crippen LogP contribution in [0.5, 0.6) is 5.75 Å². The highest BCUT2D eigenvalue weighted by Crippen LogP contribution is 2.30. The SMILES string of the molecule is O=[N+]([O-])c1ccc(Br)c(OCc2cccc(Cl)c2)c1. The maximum absolute atomic E-state index is 10.7. The first-order chi connectivity index (χ1) is 9.06. The molecule has 2 rings (SSSR count). The van der Waals surface area contributed by atoms with E-state index < -0.39 is 4.92 Å². The Kier molecular flexibility index (Phi) is 4.39. The smallest absolute Gasteiger partial charge is 0.273 e. The molecule has 0 heterocycles. The van der Waals surface area contributed by atoms with Gasteiger partial charge < -0.3 is 4.74 Å². The fourth-order valence-corrected chi connectivity index (χ4v) is 2.08. The van der Waals surface area contributed by atoms with Gasteiger partial charge in [-0.1, -0.05) is 23.7 Å². The summed E-state index contributed by atoms with van der Waals surface area (Å²) < 4.78 is 6.23. The highest BCUT2D eigenvalue weighted by molar-refractivity contribution is 9.10. The van der Waals surface area contributed by atoms with E-state index in [0.717, 1.165) is 5.56 Å². The van der Waals surface area contributed by atoms with Crippen LogP contribution in [-0.2, 0) is 6.61 Å². The molecule has 0 aliphatic heterocycles. The van der Waals surface area contributed by atoms with Gasteiger partial charge in [0.1, 0.15) is 12.4 Å². The number of benzene rings is 2. The molecule has 0 spiro atoms. The lowest BCUT2D eigenvalue weighted by atomic mass is 10.2. The number of hydrogen-bond acceptors (Lipinski definition) is 3. The Morgan fingerprint density at radius 1 is 1.26 bits per heavy atom. The van der Waals surface area contributed by atoms with Gasteiger partial charge in [-0.2, -0.15) is 0 Å². The lowest BCUT2D eigenvalue weighted by Gasteiger charge is -2.08. The molecule has 0 bridgehead atoms. The van der Waals surface area contributed by atoms with Gasteiger partial charge >= 0.3 is 0 Å². The number of hydrogen-bond donors (Lipinski definition) is 0. The molecule has 98 valence electrons. The third-order valence-corrected chi connectivity index (χ3v) is 3.30. The summed E-state index contributed by atoms with van der Waals surface area (Å²) in [6.07, 6.45) is 0. The van der Waals surface area contributed by atoms with Crippen LogP contribution in [0.25, 0.3) is 0 Å². The molecular weight excluding hydrogens is 334 g/mol. The molecule has 0 unspecified atom stereocenters. The first-order valence-electron chi connectivity index (χ1n) is 5.37. The molecule has 0 aliphatic carbocycles. The highest BCUT2D eigenvalue weighted by atomic mass is 79.9. The Hall–Kier alpha value is -1.59. The minimum absolute atomic E-state index is 0.00991. The summed E-state index contributed by atoms with van der Waals surface area (Å²) in [6, 6.07) is 11.6. The zero-order chi connectivity index (χ0) is 13.8. The van der Waals surface area contributed by atoms with Crippen LogP contribution in [-0.4, -0.2) is 4.92 Å². The van der Waals surface area contributed by atoms with Crippen molar-refractivity contribution in [1.29, 1.82) is 0 Å². The number of ether oxygens (including phenoxy) is 1. The second kappa shape index (κ2) is 6.04. The number of halogens is 2. The number of non-ortho nitro benzene ring substituents is 1. The van der Waals surface area contributed by atoms with Crippen molar-refractivity contribution in [3.63, 3.8) is 0 Å². The maximum atomic E-state index is 10.7. The quantitative estimate of drug-likeness (QED) is 0.603. The summed E-state index contributed by atoms with van der Waals surface area (Å²) in [7, 11) is 0. The molecule has 2 aromatic rings. The predicted molar refractivity (Wildman–Crippen MR) is 76.6 cm³/mol. The van der Waals surface area contributed by atoms with Crippen LogP contribution < -0.4 is 4.74 Å². The minimum Gasteiger partial charge on any atom is -0.487 e. The molecule has 0 saturated carbocycles. The van der Waals surface area contributed by atoms with Crippen LogP contribution in [0.3, 0.4) is 0 Å². The van der Waals surface area contributed by atoms with Crippen molar-refractivity contribution in [2.24, 2.45) is 0 Å². The Bertz CT molecular complexity index is 619. The summed E-state index contributed by atoms with van der Waals surface area (Å²) in [5.74, 6) is 0.425. The van der Waals surface area contributed by atoms with E-state index in [0.29, 0.717) is 21.9 Å². The van der Waals surface area contributed by atoms with Gasteiger partial charge in [-0.25, -0.2) is 0 Å². The van der Waals surface area contributed by atoms with Crippen molar-refractivity contribution in [3.8, 4) is 5.75 Å². The lowest BCUT2D eigenvalue weighted by molar-refractivity contribution is -0.385. The average Bonchev–Trinajstić information content (AvgIpc) is 2.37. The minimum atomic E-state index is -0.460. The Morgan fingerprint density at radius 3 is 2.74 bits per heavy atom. The van der Waals surface area contributed by atoms with E-state index in [1.165, 1.54) is 12.1 Å². The van der Waals surface area contributed by atoms with Gasteiger partial charge in [-0.15, -0.1) is 0 Å². The normalized spacial score (nSPS) is 10.2. The molecule has 0 atom stereocenters. The summed E-state index contributed by atoms with van der Waals surface area (Å²) in [5, 5.41) is 11.3. The van der Waals surface area contributed by atoms with Crippen molar-refractivity contribution >= 4 is 33.2 Å². The zero-order valence-corrected chi connectivity index (χ0v) is 12.0. The fourth-order valence-electron chi connectivity index (χ4n) is 1.50. The highest BCUT2D eigenvalue weighted by Gasteiger charge is 2.10. The number of nitro groups is 1.